The quantitative estimate of drug-likeness (QED) is 0.675. The number of amides is 4. The maximum absolute atomic E-state index is 12.6. The summed E-state index contributed by atoms with van der Waals surface area (Å²) >= 11 is 6.06. The van der Waals surface area contributed by atoms with E-state index in [-0.39, 0.29) is 42.8 Å². The van der Waals surface area contributed by atoms with Gasteiger partial charge in [-0.3, -0.25) is 14.5 Å². The van der Waals surface area contributed by atoms with Gasteiger partial charge < -0.3 is 15.6 Å². The van der Waals surface area contributed by atoms with Crippen LogP contribution in [0.25, 0.3) is 10.9 Å². The standard InChI is InChI=1S/C21H25ClN4O3/c22-14-5-6-17-16(11-14)13(12-24-17)7-9-23-19(27)8-10-26-20(28)15-3-1-2-4-18(15)25-21(26)29/h5-6,11-12,15,18,24H,1-4,7-10H2,(H,23,27)(H,25,29). The van der Waals surface area contributed by atoms with Crippen molar-refractivity contribution in [1.29, 1.82) is 0 Å². The van der Waals surface area contributed by atoms with Gasteiger partial charge in [0.05, 0.1) is 5.92 Å². The first-order chi connectivity index (χ1) is 14.0. The molecule has 1 saturated heterocycles. The monoisotopic (exact) mass is 416 g/mol. The zero-order valence-electron chi connectivity index (χ0n) is 16.2. The molecule has 1 aromatic carbocycles. The molecule has 4 amide bonds. The van der Waals surface area contributed by atoms with Crippen LogP contribution in [0, 0.1) is 5.92 Å². The fourth-order valence-electron chi connectivity index (χ4n) is 4.34. The third-order valence-electron chi connectivity index (χ3n) is 5.91. The molecule has 2 heterocycles. The molecular formula is C21H25ClN4O3. The fourth-order valence-corrected chi connectivity index (χ4v) is 4.52. The van der Waals surface area contributed by atoms with Gasteiger partial charge in [-0.25, -0.2) is 4.79 Å². The number of nitrogens with one attached hydrogen (secondary N) is 3. The van der Waals surface area contributed by atoms with Crippen LogP contribution in [0.2, 0.25) is 5.02 Å². The number of urea groups is 1. The number of aromatic amines is 1. The Morgan fingerprint density at radius 1 is 1.24 bits per heavy atom. The highest BCUT2D eigenvalue weighted by Gasteiger charge is 2.41. The summed E-state index contributed by atoms with van der Waals surface area (Å²) in [5, 5.41) is 7.52. The van der Waals surface area contributed by atoms with E-state index in [0.717, 1.165) is 42.1 Å². The van der Waals surface area contributed by atoms with Gasteiger partial charge in [-0.1, -0.05) is 24.4 Å². The highest BCUT2D eigenvalue weighted by atomic mass is 35.5. The number of hydrogen-bond acceptors (Lipinski definition) is 3. The average Bonchev–Trinajstić information content (AvgIpc) is 3.10. The molecular weight excluding hydrogens is 392 g/mol. The van der Waals surface area contributed by atoms with E-state index < -0.39 is 0 Å². The number of halogens is 1. The normalized spacial score (nSPS) is 21.8. The number of imide groups is 1. The van der Waals surface area contributed by atoms with Gasteiger partial charge in [0.15, 0.2) is 0 Å². The Balaban J connectivity index is 1.26. The van der Waals surface area contributed by atoms with Crippen molar-refractivity contribution in [3.63, 3.8) is 0 Å². The number of nitrogens with zero attached hydrogens (tertiary/aromatic N) is 1. The smallest absolute Gasteiger partial charge is 0.324 e. The van der Waals surface area contributed by atoms with Crippen LogP contribution in [0.15, 0.2) is 24.4 Å². The van der Waals surface area contributed by atoms with Crippen LogP contribution in [-0.2, 0) is 16.0 Å². The molecule has 7 nitrogen and oxygen atoms in total. The molecule has 4 rings (SSSR count). The molecule has 8 heteroatoms. The second-order valence-electron chi connectivity index (χ2n) is 7.79. The first-order valence-electron chi connectivity index (χ1n) is 10.2. The molecule has 2 atom stereocenters. The van der Waals surface area contributed by atoms with E-state index in [1.807, 2.05) is 24.4 Å². The molecule has 154 valence electrons. The first-order valence-corrected chi connectivity index (χ1v) is 10.5. The first kappa shape index (κ1) is 19.8. The minimum absolute atomic E-state index is 0.0431. The lowest BCUT2D eigenvalue weighted by atomic mass is 9.82. The molecule has 2 aliphatic rings. The minimum atomic E-state index is -0.373. The Labute approximate surface area is 174 Å². The minimum Gasteiger partial charge on any atom is -0.361 e. The maximum Gasteiger partial charge on any atom is 0.324 e. The predicted octanol–water partition coefficient (Wildman–Crippen LogP) is 2.98. The van der Waals surface area contributed by atoms with E-state index in [1.54, 1.807) is 0 Å². The van der Waals surface area contributed by atoms with Crippen LogP contribution in [0.5, 0.6) is 0 Å². The molecule has 3 N–H and O–H groups in total. The van der Waals surface area contributed by atoms with E-state index in [2.05, 4.69) is 15.6 Å². The Morgan fingerprint density at radius 2 is 2.07 bits per heavy atom. The molecule has 2 unspecified atom stereocenters. The topological polar surface area (TPSA) is 94.3 Å². The van der Waals surface area contributed by atoms with Crippen LogP contribution in [0.1, 0.15) is 37.7 Å². The summed E-state index contributed by atoms with van der Waals surface area (Å²) in [6.07, 6.45) is 6.41. The molecule has 0 bridgehead atoms. The van der Waals surface area contributed by atoms with Crippen molar-refractivity contribution in [2.45, 2.75) is 44.6 Å². The van der Waals surface area contributed by atoms with Crippen molar-refractivity contribution in [3.05, 3.63) is 35.0 Å². The van der Waals surface area contributed by atoms with E-state index in [0.29, 0.717) is 18.0 Å². The molecule has 29 heavy (non-hydrogen) atoms. The van der Waals surface area contributed by atoms with Crippen LogP contribution in [-0.4, -0.2) is 46.9 Å². The third kappa shape index (κ3) is 4.24. The van der Waals surface area contributed by atoms with Gasteiger partial charge >= 0.3 is 6.03 Å². The van der Waals surface area contributed by atoms with Crippen molar-refractivity contribution in [3.8, 4) is 0 Å². The van der Waals surface area contributed by atoms with E-state index in [4.69, 9.17) is 11.6 Å². The van der Waals surface area contributed by atoms with Crippen LogP contribution in [0.4, 0.5) is 4.79 Å². The zero-order valence-corrected chi connectivity index (χ0v) is 16.9. The Hall–Kier alpha value is -2.54. The molecule has 0 radical (unpaired) electrons. The lowest BCUT2D eigenvalue weighted by Gasteiger charge is -2.39. The van der Waals surface area contributed by atoms with Crippen molar-refractivity contribution < 1.29 is 14.4 Å². The second-order valence-corrected chi connectivity index (χ2v) is 8.23. The highest BCUT2D eigenvalue weighted by molar-refractivity contribution is 6.31. The number of fused-ring (bicyclic) bond motifs is 2. The number of carbonyl (C=O) groups is 3. The van der Waals surface area contributed by atoms with Crippen molar-refractivity contribution in [2.24, 2.45) is 5.92 Å². The average molecular weight is 417 g/mol. The summed E-state index contributed by atoms with van der Waals surface area (Å²) in [6, 6.07) is 5.25. The zero-order chi connectivity index (χ0) is 20.4. The number of aromatic nitrogens is 1. The summed E-state index contributed by atoms with van der Waals surface area (Å²) in [5.41, 5.74) is 2.09. The van der Waals surface area contributed by atoms with Gasteiger partial charge in [0, 0.05) is 47.7 Å². The molecule has 0 spiro atoms. The number of rotatable bonds is 6. The number of carbonyl (C=O) groups excluding carboxylic acids is 3. The van der Waals surface area contributed by atoms with Gasteiger partial charge in [-0.2, -0.15) is 0 Å². The van der Waals surface area contributed by atoms with Gasteiger partial charge in [-0.05, 0) is 43.0 Å². The maximum atomic E-state index is 12.6. The highest BCUT2D eigenvalue weighted by Crippen LogP contribution is 2.29. The molecule has 1 saturated carbocycles. The molecule has 1 aliphatic carbocycles. The van der Waals surface area contributed by atoms with Gasteiger partial charge in [0.25, 0.3) is 0 Å². The number of benzene rings is 1. The summed E-state index contributed by atoms with van der Waals surface area (Å²) in [4.78, 5) is 41.5. The largest absolute Gasteiger partial charge is 0.361 e. The van der Waals surface area contributed by atoms with Crippen LogP contribution in [0.3, 0.4) is 0 Å². The van der Waals surface area contributed by atoms with Crippen molar-refractivity contribution in [2.75, 3.05) is 13.1 Å². The lowest BCUT2D eigenvalue weighted by molar-refractivity contribution is -0.136. The molecule has 1 aromatic heterocycles. The Morgan fingerprint density at radius 3 is 2.93 bits per heavy atom. The van der Waals surface area contributed by atoms with E-state index >= 15 is 0 Å². The molecule has 2 fully saturated rings. The second kappa shape index (κ2) is 8.45. The van der Waals surface area contributed by atoms with Gasteiger partial charge in [0.1, 0.15) is 0 Å². The molecule has 2 aromatic rings. The van der Waals surface area contributed by atoms with E-state index in [9.17, 15) is 14.4 Å². The van der Waals surface area contributed by atoms with Crippen LogP contribution < -0.4 is 10.6 Å². The summed E-state index contributed by atoms with van der Waals surface area (Å²) in [5.74, 6) is -0.450. The molecule has 1 aliphatic heterocycles. The van der Waals surface area contributed by atoms with Crippen molar-refractivity contribution >= 4 is 40.3 Å². The van der Waals surface area contributed by atoms with Crippen LogP contribution >= 0.6 is 11.6 Å². The predicted molar refractivity (Wildman–Crippen MR) is 111 cm³/mol. The van der Waals surface area contributed by atoms with E-state index in [1.165, 1.54) is 4.90 Å². The Bertz CT molecular complexity index is 941. The Kier molecular flexibility index (Phi) is 5.76. The van der Waals surface area contributed by atoms with Gasteiger partial charge in [0.2, 0.25) is 11.8 Å². The van der Waals surface area contributed by atoms with Crippen molar-refractivity contribution in [1.82, 2.24) is 20.5 Å². The SMILES string of the molecule is O=C(CCN1C(=O)NC2CCCCC2C1=O)NCCc1c[nH]c2ccc(Cl)cc12. The fraction of sp³-hybridized carbons (Fsp3) is 0.476. The lowest BCUT2D eigenvalue weighted by Crippen LogP contribution is -2.61. The summed E-state index contributed by atoms with van der Waals surface area (Å²) in [7, 11) is 0. The van der Waals surface area contributed by atoms with Gasteiger partial charge in [-0.15, -0.1) is 0 Å². The number of hydrogen-bond donors (Lipinski definition) is 3. The summed E-state index contributed by atoms with van der Waals surface area (Å²) < 4.78 is 0. The summed E-state index contributed by atoms with van der Waals surface area (Å²) in [6.45, 7) is 0.589. The number of H-pyrrole nitrogens is 1. The third-order valence-corrected chi connectivity index (χ3v) is 6.15.